The van der Waals surface area contributed by atoms with Gasteiger partial charge in [0.15, 0.2) is 12.6 Å². The van der Waals surface area contributed by atoms with Gasteiger partial charge in [0.1, 0.15) is 48.8 Å². The largest absolute Gasteiger partial charge is 0.394 e. The molecule has 0 spiro atoms. The summed E-state index contributed by atoms with van der Waals surface area (Å²) in [6.07, 6.45) is 45.8. The van der Waals surface area contributed by atoms with Gasteiger partial charge in [-0.3, -0.25) is 4.79 Å². The summed E-state index contributed by atoms with van der Waals surface area (Å²) in [6, 6.07) is -0.937. The second kappa shape index (κ2) is 48.4. The molecular weight excluding hydrogens is 979 g/mol. The highest BCUT2D eigenvalue weighted by molar-refractivity contribution is 5.76. The number of nitrogens with one attached hydrogen (secondary N) is 1. The lowest BCUT2D eigenvalue weighted by atomic mass is 9.97. The van der Waals surface area contributed by atoms with E-state index in [9.17, 15) is 45.6 Å². The molecule has 0 aromatic heterocycles. The number of carbonyl (C=O) groups excluding carboxylic acids is 1. The average molecular weight is 1090 g/mol. The van der Waals surface area contributed by atoms with E-state index in [0.717, 1.165) is 51.4 Å². The molecule has 0 aromatic carbocycles. The fourth-order valence-corrected chi connectivity index (χ4v) is 9.87. The molecule has 12 atom stereocenters. The number of carbonyl (C=O) groups is 1. The Morgan fingerprint density at radius 2 is 0.883 bits per heavy atom. The molecule has 2 fully saturated rings. The maximum atomic E-state index is 13.2. The Hall–Kier alpha value is -2.31. The van der Waals surface area contributed by atoms with Gasteiger partial charge >= 0.3 is 0 Å². The molecule has 14 heteroatoms. The van der Waals surface area contributed by atoms with Gasteiger partial charge in [0.05, 0.1) is 32.0 Å². The maximum absolute atomic E-state index is 13.2. The fraction of sp³-hybridized carbons (Fsp3) is 0.825. The minimum Gasteiger partial charge on any atom is -0.394 e. The van der Waals surface area contributed by atoms with E-state index in [-0.39, 0.29) is 18.9 Å². The normalized spacial score (nSPS) is 25.1. The number of aliphatic hydroxyl groups is 8. The maximum Gasteiger partial charge on any atom is 0.220 e. The molecule has 2 saturated heterocycles. The summed E-state index contributed by atoms with van der Waals surface area (Å²) >= 11 is 0. The lowest BCUT2D eigenvalue weighted by Gasteiger charge is -2.46. The molecule has 2 rings (SSSR count). The zero-order chi connectivity index (χ0) is 56.0. The van der Waals surface area contributed by atoms with Gasteiger partial charge in [-0.1, -0.05) is 222 Å². The van der Waals surface area contributed by atoms with Gasteiger partial charge < -0.3 is 65.1 Å². The van der Waals surface area contributed by atoms with Gasteiger partial charge in [-0.05, 0) is 70.6 Å². The van der Waals surface area contributed by atoms with Crippen LogP contribution in [-0.4, -0.2) is 140 Å². The van der Waals surface area contributed by atoms with Gasteiger partial charge in [-0.2, -0.15) is 0 Å². The van der Waals surface area contributed by atoms with Crippen LogP contribution >= 0.6 is 0 Å². The molecule has 12 unspecified atom stereocenters. The number of amides is 1. The second-order valence-corrected chi connectivity index (χ2v) is 21.8. The summed E-state index contributed by atoms with van der Waals surface area (Å²) in [5.41, 5.74) is 0. The highest BCUT2D eigenvalue weighted by atomic mass is 16.7. The molecular formula is C63H113NO13. The van der Waals surface area contributed by atoms with Gasteiger partial charge in [0, 0.05) is 6.42 Å². The summed E-state index contributed by atoms with van der Waals surface area (Å²) in [5.74, 6) is -0.254. The van der Waals surface area contributed by atoms with Crippen molar-refractivity contribution in [2.45, 2.75) is 312 Å². The van der Waals surface area contributed by atoms with Crippen molar-refractivity contribution >= 4 is 5.91 Å². The third-order valence-corrected chi connectivity index (χ3v) is 14.9. The number of allylic oxidation sites excluding steroid dienone is 9. The molecule has 0 bridgehead atoms. The minimum atomic E-state index is -1.79. The van der Waals surface area contributed by atoms with E-state index in [2.05, 4.69) is 67.8 Å². The van der Waals surface area contributed by atoms with Crippen LogP contribution in [-0.2, 0) is 23.7 Å². The van der Waals surface area contributed by atoms with E-state index in [4.69, 9.17) is 18.9 Å². The van der Waals surface area contributed by atoms with Crippen LogP contribution in [0, 0.1) is 0 Å². The van der Waals surface area contributed by atoms with Crippen LogP contribution in [0.2, 0.25) is 0 Å². The minimum absolute atomic E-state index is 0.254. The summed E-state index contributed by atoms with van der Waals surface area (Å²) in [4.78, 5) is 13.2. The lowest BCUT2D eigenvalue weighted by Crippen LogP contribution is -2.65. The van der Waals surface area contributed by atoms with Crippen LogP contribution in [0.1, 0.15) is 239 Å². The standard InChI is InChI=1S/C63H113NO13/c1-3-5-7-9-11-13-15-17-18-19-20-21-22-23-24-25-26-27-28-29-30-31-32-33-34-35-37-39-41-43-45-47-55(68)64-51(52(67)46-44-42-40-38-36-16-14-12-10-8-6-4-2)50-74-62-60(73)58(71)61(54(49-66)76-62)77-63-59(72)57(70)56(69)53(48-65)75-63/h10,12,15,17,19-20,36,38,44,46,51-54,56-63,65-67,69-73H,3-9,11,13-14,16,18,21-35,37,39-43,45,47-50H2,1-2H3,(H,64,68)/b12-10+,17-15-,20-19-,38-36+,46-44+. The summed E-state index contributed by atoms with van der Waals surface area (Å²) in [7, 11) is 0. The number of ether oxygens (including phenoxy) is 4. The molecule has 0 aliphatic carbocycles. The summed E-state index contributed by atoms with van der Waals surface area (Å²) < 4.78 is 22.7. The molecule has 1 amide bonds. The van der Waals surface area contributed by atoms with E-state index in [1.807, 2.05) is 6.08 Å². The average Bonchev–Trinajstić information content (AvgIpc) is 3.44. The zero-order valence-corrected chi connectivity index (χ0v) is 48.2. The summed E-state index contributed by atoms with van der Waals surface area (Å²) in [6.45, 7) is 2.71. The van der Waals surface area contributed by atoms with Crippen molar-refractivity contribution in [1.82, 2.24) is 5.32 Å². The van der Waals surface area contributed by atoms with Crippen LogP contribution in [0.25, 0.3) is 0 Å². The first kappa shape index (κ1) is 70.8. The first-order chi connectivity index (χ1) is 37.6. The number of unbranched alkanes of at least 4 members (excludes halogenated alkanes) is 28. The van der Waals surface area contributed by atoms with Crippen molar-refractivity contribution in [1.29, 1.82) is 0 Å². The van der Waals surface area contributed by atoms with Crippen molar-refractivity contribution in [3.8, 4) is 0 Å². The van der Waals surface area contributed by atoms with E-state index >= 15 is 0 Å². The Kier molecular flexibility index (Phi) is 44.5. The molecule has 2 aliphatic heterocycles. The molecule has 0 radical (unpaired) electrons. The van der Waals surface area contributed by atoms with E-state index in [0.29, 0.717) is 12.8 Å². The Balaban J connectivity index is 1.65. The molecule has 2 heterocycles. The van der Waals surface area contributed by atoms with Crippen molar-refractivity contribution in [3.63, 3.8) is 0 Å². The van der Waals surface area contributed by atoms with Crippen LogP contribution in [0.5, 0.6) is 0 Å². The topological polar surface area (TPSA) is 228 Å². The molecule has 0 saturated carbocycles. The van der Waals surface area contributed by atoms with Crippen molar-refractivity contribution in [2.75, 3.05) is 19.8 Å². The Morgan fingerprint density at radius 1 is 0.468 bits per heavy atom. The Labute approximate surface area is 466 Å². The molecule has 2 aliphatic rings. The van der Waals surface area contributed by atoms with Gasteiger partial charge in [-0.15, -0.1) is 0 Å². The fourth-order valence-electron chi connectivity index (χ4n) is 9.87. The predicted octanol–water partition coefficient (Wildman–Crippen LogP) is 10.9. The monoisotopic (exact) mass is 1090 g/mol. The number of hydrogen-bond donors (Lipinski definition) is 9. The second-order valence-electron chi connectivity index (χ2n) is 21.8. The van der Waals surface area contributed by atoms with Crippen LogP contribution < -0.4 is 5.32 Å². The SMILES string of the molecule is CCCC/C=C/CC/C=C/CC/C=C/C(O)C(COC1OC(CO)C(OC2OC(CO)C(O)C(O)C2O)C(O)C1O)NC(=O)CCCCCCCCCCCCCCCCCCCCC/C=C\C/C=C\CCCCCCC. The third kappa shape index (κ3) is 33.9. The van der Waals surface area contributed by atoms with Crippen molar-refractivity contribution in [3.05, 3.63) is 60.8 Å². The number of rotatable bonds is 49. The van der Waals surface area contributed by atoms with Crippen LogP contribution in [0.15, 0.2) is 60.8 Å². The zero-order valence-electron chi connectivity index (χ0n) is 48.2. The first-order valence-corrected chi connectivity index (χ1v) is 31.0. The highest BCUT2D eigenvalue weighted by Crippen LogP contribution is 2.30. The van der Waals surface area contributed by atoms with Gasteiger partial charge in [-0.25, -0.2) is 0 Å². The van der Waals surface area contributed by atoms with E-state index in [1.165, 1.54) is 154 Å². The van der Waals surface area contributed by atoms with Crippen molar-refractivity contribution < 1.29 is 64.6 Å². The highest BCUT2D eigenvalue weighted by Gasteiger charge is 2.51. The van der Waals surface area contributed by atoms with Crippen LogP contribution in [0.4, 0.5) is 0 Å². The quantitative estimate of drug-likeness (QED) is 0.0204. The van der Waals surface area contributed by atoms with Crippen LogP contribution in [0.3, 0.4) is 0 Å². The first-order valence-electron chi connectivity index (χ1n) is 31.0. The molecule has 9 N–H and O–H groups in total. The number of hydrogen-bond acceptors (Lipinski definition) is 13. The molecule has 14 nitrogen and oxygen atoms in total. The molecule has 448 valence electrons. The Bertz CT molecular complexity index is 1520. The number of aliphatic hydroxyl groups excluding tert-OH is 8. The van der Waals surface area contributed by atoms with Crippen molar-refractivity contribution in [2.24, 2.45) is 0 Å². The lowest BCUT2D eigenvalue weighted by molar-refractivity contribution is -0.359. The van der Waals surface area contributed by atoms with E-state index < -0.39 is 86.8 Å². The smallest absolute Gasteiger partial charge is 0.220 e. The summed E-state index contributed by atoms with van der Waals surface area (Å²) in [5, 5.41) is 86.9. The van der Waals surface area contributed by atoms with E-state index in [1.54, 1.807) is 6.08 Å². The Morgan fingerprint density at radius 3 is 1.39 bits per heavy atom. The molecule has 0 aromatic rings. The molecule has 77 heavy (non-hydrogen) atoms. The van der Waals surface area contributed by atoms with Gasteiger partial charge in [0.2, 0.25) is 5.91 Å². The predicted molar refractivity (Wildman–Crippen MR) is 309 cm³/mol. The van der Waals surface area contributed by atoms with Gasteiger partial charge in [0.25, 0.3) is 0 Å². The third-order valence-electron chi connectivity index (χ3n) is 14.9.